The fourth-order valence-electron chi connectivity index (χ4n) is 3.06. The molecule has 0 fully saturated rings. The minimum absolute atomic E-state index is 0.187. The van der Waals surface area contributed by atoms with Crippen LogP contribution in [0.5, 0.6) is 5.75 Å². The lowest BCUT2D eigenvalue weighted by molar-refractivity contribution is -0.927. The Kier molecular flexibility index (Phi) is 6.82. The summed E-state index contributed by atoms with van der Waals surface area (Å²) in [4.78, 5) is 1.33. The van der Waals surface area contributed by atoms with E-state index in [2.05, 4.69) is 48.5 Å². The smallest absolute Gasteiger partial charge is 0.120 e. The van der Waals surface area contributed by atoms with Gasteiger partial charge in [-0.3, -0.25) is 0 Å². The Bertz CT molecular complexity index is 774. The lowest BCUT2D eigenvalue weighted by atomic mass is 10.1. The molecule has 3 nitrogen and oxygen atoms in total. The van der Waals surface area contributed by atoms with Gasteiger partial charge in [0.25, 0.3) is 0 Å². The lowest BCUT2D eigenvalue weighted by Crippen LogP contribution is -3.09. The van der Waals surface area contributed by atoms with Crippen LogP contribution in [0.1, 0.15) is 16.7 Å². The molecule has 3 aromatic carbocycles. The number of aliphatic hydroxyl groups is 1. The first-order valence-electron chi connectivity index (χ1n) is 9.07. The van der Waals surface area contributed by atoms with Crippen molar-refractivity contribution < 1.29 is 14.7 Å². The highest BCUT2D eigenvalue weighted by atomic mass is 16.5. The first kappa shape index (κ1) is 18.2. The standard InChI is InChI=1S/C23H25NO2/c25-15-14-24(17-20-8-3-1-4-9-20)18-22-12-7-13-23(16-22)26-19-21-10-5-2-6-11-21/h1-13,16,25H,14-15,17-19H2/p+1. The normalized spacial score (nSPS) is 11.9. The van der Waals surface area contributed by atoms with Crippen LogP contribution in [0.2, 0.25) is 0 Å². The SMILES string of the molecule is OCC[NH+](Cc1ccccc1)Cc1cccc(OCc2ccccc2)c1. The molecular weight excluding hydrogens is 322 g/mol. The molecule has 3 aromatic rings. The summed E-state index contributed by atoms with van der Waals surface area (Å²) in [6.45, 7) is 3.24. The zero-order valence-corrected chi connectivity index (χ0v) is 15.0. The predicted molar refractivity (Wildman–Crippen MR) is 104 cm³/mol. The molecular formula is C23H26NO2+. The van der Waals surface area contributed by atoms with E-state index in [1.54, 1.807) is 0 Å². The summed E-state index contributed by atoms with van der Waals surface area (Å²) in [5, 5.41) is 9.41. The zero-order valence-electron chi connectivity index (χ0n) is 15.0. The summed E-state index contributed by atoms with van der Waals surface area (Å²) in [7, 11) is 0. The van der Waals surface area contributed by atoms with Crippen molar-refractivity contribution >= 4 is 0 Å². The largest absolute Gasteiger partial charge is 0.489 e. The van der Waals surface area contributed by atoms with Crippen LogP contribution in [-0.2, 0) is 19.7 Å². The van der Waals surface area contributed by atoms with Crippen molar-refractivity contribution in [1.82, 2.24) is 0 Å². The van der Waals surface area contributed by atoms with Crippen LogP contribution >= 0.6 is 0 Å². The van der Waals surface area contributed by atoms with Crippen LogP contribution in [0.3, 0.4) is 0 Å². The molecule has 2 N–H and O–H groups in total. The van der Waals surface area contributed by atoms with Gasteiger partial charge in [0.2, 0.25) is 0 Å². The maximum absolute atomic E-state index is 9.41. The molecule has 0 saturated carbocycles. The van der Waals surface area contributed by atoms with Crippen molar-refractivity contribution in [2.24, 2.45) is 0 Å². The Hall–Kier alpha value is -2.62. The van der Waals surface area contributed by atoms with E-state index < -0.39 is 0 Å². The molecule has 0 aromatic heterocycles. The van der Waals surface area contributed by atoms with Gasteiger partial charge >= 0.3 is 0 Å². The van der Waals surface area contributed by atoms with Crippen molar-refractivity contribution in [3.8, 4) is 5.75 Å². The van der Waals surface area contributed by atoms with Crippen LogP contribution in [-0.4, -0.2) is 18.3 Å². The Morgan fingerprint density at radius 1 is 0.692 bits per heavy atom. The molecule has 0 bridgehead atoms. The van der Waals surface area contributed by atoms with Gasteiger partial charge in [0.15, 0.2) is 0 Å². The molecule has 0 aliphatic carbocycles. The lowest BCUT2D eigenvalue weighted by Gasteiger charge is -2.19. The molecule has 0 aliphatic heterocycles. The van der Waals surface area contributed by atoms with Crippen LogP contribution in [0.25, 0.3) is 0 Å². The Balaban J connectivity index is 1.62. The molecule has 1 unspecified atom stereocenters. The zero-order chi connectivity index (χ0) is 18.0. The molecule has 26 heavy (non-hydrogen) atoms. The molecule has 0 radical (unpaired) electrons. The summed E-state index contributed by atoms with van der Waals surface area (Å²) in [6, 6.07) is 28.9. The van der Waals surface area contributed by atoms with Gasteiger partial charge in [-0.25, -0.2) is 0 Å². The molecule has 3 heteroatoms. The molecule has 1 atom stereocenters. The second-order valence-electron chi connectivity index (χ2n) is 6.48. The highest BCUT2D eigenvalue weighted by Gasteiger charge is 2.11. The monoisotopic (exact) mass is 348 g/mol. The minimum Gasteiger partial charge on any atom is -0.489 e. The number of hydrogen-bond acceptors (Lipinski definition) is 2. The van der Waals surface area contributed by atoms with Gasteiger partial charge in [-0.1, -0.05) is 72.8 Å². The van der Waals surface area contributed by atoms with Gasteiger partial charge in [0.1, 0.15) is 32.0 Å². The van der Waals surface area contributed by atoms with E-state index in [0.717, 1.165) is 30.9 Å². The quantitative estimate of drug-likeness (QED) is 0.623. The molecule has 0 amide bonds. The topological polar surface area (TPSA) is 33.9 Å². The van der Waals surface area contributed by atoms with Crippen LogP contribution in [0.4, 0.5) is 0 Å². The van der Waals surface area contributed by atoms with E-state index in [1.807, 2.05) is 36.4 Å². The maximum atomic E-state index is 9.41. The van der Waals surface area contributed by atoms with E-state index in [0.29, 0.717) is 6.61 Å². The van der Waals surface area contributed by atoms with Crippen LogP contribution in [0.15, 0.2) is 84.9 Å². The average Bonchev–Trinajstić information content (AvgIpc) is 2.68. The van der Waals surface area contributed by atoms with Crippen molar-refractivity contribution in [3.63, 3.8) is 0 Å². The van der Waals surface area contributed by atoms with Gasteiger partial charge in [0, 0.05) is 11.1 Å². The van der Waals surface area contributed by atoms with E-state index in [1.165, 1.54) is 16.0 Å². The van der Waals surface area contributed by atoms with Gasteiger partial charge in [-0.15, -0.1) is 0 Å². The highest BCUT2D eigenvalue weighted by molar-refractivity contribution is 5.28. The Morgan fingerprint density at radius 2 is 1.31 bits per heavy atom. The Labute approximate surface area is 155 Å². The molecule has 3 rings (SSSR count). The molecule has 0 aliphatic rings. The number of aliphatic hydroxyl groups excluding tert-OH is 1. The number of quaternary nitrogens is 1. The summed E-state index contributed by atoms with van der Waals surface area (Å²) in [6.07, 6.45) is 0. The minimum atomic E-state index is 0.187. The number of nitrogens with one attached hydrogen (secondary N) is 1. The first-order chi connectivity index (χ1) is 12.8. The average molecular weight is 348 g/mol. The van der Waals surface area contributed by atoms with Crippen molar-refractivity contribution in [1.29, 1.82) is 0 Å². The van der Waals surface area contributed by atoms with Gasteiger partial charge < -0.3 is 14.7 Å². The fraction of sp³-hybridized carbons (Fsp3) is 0.217. The van der Waals surface area contributed by atoms with Gasteiger partial charge in [0.05, 0.1) is 6.61 Å². The molecule has 0 heterocycles. The van der Waals surface area contributed by atoms with Gasteiger partial charge in [-0.2, -0.15) is 0 Å². The molecule has 0 spiro atoms. The van der Waals surface area contributed by atoms with Gasteiger partial charge in [-0.05, 0) is 17.7 Å². The summed E-state index contributed by atoms with van der Waals surface area (Å²) >= 11 is 0. The second-order valence-corrected chi connectivity index (χ2v) is 6.48. The maximum Gasteiger partial charge on any atom is 0.120 e. The predicted octanol–water partition coefficient (Wildman–Crippen LogP) is 2.84. The van der Waals surface area contributed by atoms with Crippen molar-refractivity contribution in [2.75, 3.05) is 13.2 Å². The summed E-state index contributed by atoms with van der Waals surface area (Å²) in [5.74, 6) is 0.884. The third kappa shape index (κ3) is 5.73. The van der Waals surface area contributed by atoms with E-state index >= 15 is 0 Å². The van der Waals surface area contributed by atoms with Crippen LogP contribution < -0.4 is 9.64 Å². The van der Waals surface area contributed by atoms with Crippen molar-refractivity contribution in [2.45, 2.75) is 19.7 Å². The van der Waals surface area contributed by atoms with Crippen LogP contribution in [0, 0.1) is 0 Å². The molecule has 134 valence electrons. The summed E-state index contributed by atoms with van der Waals surface area (Å²) in [5.41, 5.74) is 3.66. The molecule has 0 saturated heterocycles. The highest BCUT2D eigenvalue weighted by Crippen LogP contribution is 2.15. The van der Waals surface area contributed by atoms with E-state index in [-0.39, 0.29) is 6.61 Å². The first-order valence-corrected chi connectivity index (χ1v) is 9.07. The summed E-state index contributed by atoms with van der Waals surface area (Å²) < 4.78 is 5.93. The van der Waals surface area contributed by atoms with Crippen molar-refractivity contribution in [3.05, 3.63) is 102 Å². The second kappa shape index (κ2) is 9.76. The number of hydrogen-bond donors (Lipinski definition) is 2. The van der Waals surface area contributed by atoms with E-state index in [9.17, 15) is 5.11 Å². The number of rotatable bonds is 9. The number of benzene rings is 3. The van der Waals surface area contributed by atoms with E-state index in [4.69, 9.17) is 4.74 Å². The third-order valence-corrected chi connectivity index (χ3v) is 4.36. The Morgan fingerprint density at radius 3 is 2.00 bits per heavy atom. The number of ether oxygens (including phenoxy) is 1. The third-order valence-electron chi connectivity index (χ3n) is 4.36. The fourth-order valence-corrected chi connectivity index (χ4v) is 3.06.